The second kappa shape index (κ2) is 3.75. The number of alkyl halides is 3. The van der Waals surface area contributed by atoms with E-state index in [0.717, 1.165) is 37.1 Å². The molecule has 0 amide bonds. The Morgan fingerprint density at radius 3 is 2.35 bits per heavy atom. The van der Waals surface area contributed by atoms with Crippen LogP contribution in [0, 0.1) is 16.7 Å². The van der Waals surface area contributed by atoms with Gasteiger partial charge in [0.25, 0.3) is 0 Å². The molecule has 2 heterocycles. The van der Waals surface area contributed by atoms with E-state index < -0.39 is 11.9 Å². The summed E-state index contributed by atoms with van der Waals surface area (Å²) in [6.45, 7) is 2.30. The topological polar surface area (TPSA) is 24.9 Å². The van der Waals surface area contributed by atoms with Crippen molar-refractivity contribution in [2.45, 2.75) is 31.9 Å². The van der Waals surface area contributed by atoms with Gasteiger partial charge in [0, 0.05) is 6.20 Å². The van der Waals surface area contributed by atoms with E-state index in [1.165, 1.54) is 25.5 Å². The van der Waals surface area contributed by atoms with Gasteiger partial charge in [-0.15, -0.1) is 0 Å². The first-order valence-electron chi connectivity index (χ1n) is 7.14. The molecule has 3 aliphatic carbocycles. The molecule has 4 aliphatic rings. The molecule has 20 heavy (non-hydrogen) atoms. The lowest BCUT2D eigenvalue weighted by atomic mass is 9.30. The van der Waals surface area contributed by atoms with Crippen molar-refractivity contribution in [1.29, 1.82) is 0 Å². The Morgan fingerprint density at radius 2 is 1.90 bits per heavy atom. The Labute approximate surface area is 115 Å². The molecular weight excluding hydrogens is 265 g/mol. The first kappa shape index (κ1) is 12.6. The van der Waals surface area contributed by atoms with E-state index in [4.69, 9.17) is 0 Å². The highest BCUT2D eigenvalue weighted by atomic mass is 19.4. The molecule has 0 atom stereocenters. The van der Waals surface area contributed by atoms with Crippen LogP contribution in [0.4, 0.5) is 13.2 Å². The van der Waals surface area contributed by atoms with Crippen LogP contribution < -0.4 is 5.32 Å². The van der Waals surface area contributed by atoms with Crippen molar-refractivity contribution in [1.82, 2.24) is 10.3 Å². The normalized spacial score (nSPS) is 36.0. The average Bonchev–Trinajstić information content (AvgIpc) is 2.21. The van der Waals surface area contributed by atoms with Crippen molar-refractivity contribution in [2.75, 3.05) is 13.1 Å². The minimum absolute atomic E-state index is 0.372. The van der Waals surface area contributed by atoms with Crippen LogP contribution in [0.2, 0.25) is 0 Å². The molecule has 108 valence electrons. The predicted molar refractivity (Wildman–Crippen MR) is 68.0 cm³/mol. The van der Waals surface area contributed by atoms with Crippen LogP contribution in [0.1, 0.15) is 30.5 Å². The van der Waals surface area contributed by atoms with Crippen molar-refractivity contribution in [3.05, 3.63) is 29.6 Å². The van der Waals surface area contributed by atoms with Crippen molar-refractivity contribution < 1.29 is 13.2 Å². The Balaban J connectivity index is 1.39. The van der Waals surface area contributed by atoms with Crippen molar-refractivity contribution in [2.24, 2.45) is 16.7 Å². The lowest BCUT2D eigenvalue weighted by Crippen LogP contribution is -2.70. The number of aromatic nitrogens is 1. The van der Waals surface area contributed by atoms with Gasteiger partial charge in [0.05, 0.1) is 0 Å². The number of hydrogen-bond acceptors (Lipinski definition) is 2. The molecule has 4 fully saturated rings. The number of hydrogen-bond donors (Lipinski definition) is 1. The Bertz CT molecular complexity index is 511. The number of pyridine rings is 1. The van der Waals surface area contributed by atoms with E-state index in [2.05, 4.69) is 10.3 Å². The van der Waals surface area contributed by atoms with E-state index in [1.54, 1.807) is 6.07 Å². The van der Waals surface area contributed by atoms with Crippen LogP contribution in [-0.4, -0.2) is 18.1 Å². The molecule has 0 spiro atoms. The first-order chi connectivity index (χ1) is 9.41. The quantitative estimate of drug-likeness (QED) is 0.921. The molecule has 1 aromatic rings. The van der Waals surface area contributed by atoms with Crippen LogP contribution >= 0.6 is 0 Å². The van der Waals surface area contributed by atoms with Gasteiger partial charge in [-0.25, -0.2) is 0 Å². The van der Waals surface area contributed by atoms with Gasteiger partial charge in [-0.05, 0) is 67.2 Å². The third-order valence-corrected chi connectivity index (χ3v) is 5.52. The molecule has 0 unspecified atom stereocenters. The molecule has 5 heteroatoms. The van der Waals surface area contributed by atoms with E-state index in [1.807, 2.05) is 0 Å². The lowest BCUT2D eigenvalue weighted by Gasteiger charge is -2.75. The first-order valence-corrected chi connectivity index (χ1v) is 7.14. The SMILES string of the molecule is FC(F)(F)c1ccc(CC23CC(C4CNC4)(C2)C3)cn1. The van der Waals surface area contributed by atoms with E-state index >= 15 is 0 Å². The molecule has 2 bridgehead atoms. The maximum absolute atomic E-state index is 12.5. The van der Waals surface area contributed by atoms with Gasteiger partial charge < -0.3 is 5.32 Å². The summed E-state index contributed by atoms with van der Waals surface area (Å²) in [5, 5.41) is 3.33. The third-order valence-electron chi connectivity index (χ3n) is 5.52. The summed E-state index contributed by atoms with van der Waals surface area (Å²) in [5.74, 6) is 0.843. The van der Waals surface area contributed by atoms with Gasteiger partial charge in [-0.1, -0.05) is 6.07 Å². The van der Waals surface area contributed by atoms with Crippen molar-refractivity contribution >= 4 is 0 Å². The maximum atomic E-state index is 12.5. The van der Waals surface area contributed by atoms with Gasteiger partial charge >= 0.3 is 6.18 Å². The summed E-state index contributed by atoms with van der Waals surface area (Å²) in [6, 6.07) is 2.69. The highest BCUT2D eigenvalue weighted by molar-refractivity contribution is 5.26. The standard InChI is InChI=1S/C15H17F3N2/c16-15(17,18)12-2-1-10(4-20-12)3-13-7-14(8-13,9-13)11-5-19-6-11/h1-2,4,11,19H,3,5-9H2. The number of rotatable bonds is 3. The van der Waals surface area contributed by atoms with Crippen LogP contribution in [0.25, 0.3) is 0 Å². The third kappa shape index (κ3) is 1.72. The zero-order chi connectivity index (χ0) is 14.0. The molecule has 5 rings (SSSR count). The molecule has 1 aliphatic heterocycles. The number of nitrogens with zero attached hydrogens (tertiary/aromatic N) is 1. The zero-order valence-corrected chi connectivity index (χ0v) is 11.1. The summed E-state index contributed by atoms with van der Waals surface area (Å²) in [5.41, 5.74) is 1.09. The molecule has 3 saturated carbocycles. The maximum Gasteiger partial charge on any atom is 0.433 e. The average molecular weight is 282 g/mol. The fraction of sp³-hybridized carbons (Fsp3) is 0.667. The second-order valence-electron chi connectivity index (χ2n) is 6.97. The predicted octanol–water partition coefficient (Wildman–Crippen LogP) is 3.03. The Kier molecular flexibility index (Phi) is 2.37. The molecule has 0 aromatic carbocycles. The highest BCUT2D eigenvalue weighted by Gasteiger charge is 2.70. The van der Waals surface area contributed by atoms with Crippen LogP contribution in [0.5, 0.6) is 0 Å². The van der Waals surface area contributed by atoms with Crippen LogP contribution in [-0.2, 0) is 12.6 Å². The van der Waals surface area contributed by atoms with E-state index in [9.17, 15) is 13.2 Å². The summed E-state index contributed by atoms with van der Waals surface area (Å²) < 4.78 is 37.4. The van der Waals surface area contributed by atoms with Gasteiger partial charge in [0.2, 0.25) is 0 Å². The van der Waals surface area contributed by atoms with Gasteiger partial charge in [-0.3, -0.25) is 4.98 Å². The fourth-order valence-corrected chi connectivity index (χ4v) is 4.56. The van der Waals surface area contributed by atoms with Crippen LogP contribution in [0.15, 0.2) is 18.3 Å². The smallest absolute Gasteiger partial charge is 0.316 e. The molecular formula is C15H17F3N2. The van der Waals surface area contributed by atoms with Gasteiger partial charge in [0.1, 0.15) is 5.69 Å². The molecule has 0 radical (unpaired) electrons. The largest absolute Gasteiger partial charge is 0.433 e. The zero-order valence-electron chi connectivity index (χ0n) is 11.1. The lowest BCUT2D eigenvalue weighted by molar-refractivity contribution is -0.242. The summed E-state index contributed by atoms with van der Waals surface area (Å²) >= 11 is 0. The Morgan fingerprint density at radius 1 is 1.20 bits per heavy atom. The number of halogens is 3. The fourth-order valence-electron chi connectivity index (χ4n) is 4.56. The van der Waals surface area contributed by atoms with Gasteiger partial charge in [-0.2, -0.15) is 13.2 Å². The molecule has 1 N–H and O–H groups in total. The van der Waals surface area contributed by atoms with Crippen LogP contribution in [0.3, 0.4) is 0 Å². The second-order valence-corrected chi connectivity index (χ2v) is 6.97. The molecule has 1 aromatic heterocycles. The van der Waals surface area contributed by atoms with Crippen molar-refractivity contribution in [3.8, 4) is 0 Å². The minimum atomic E-state index is -4.34. The molecule has 2 nitrogen and oxygen atoms in total. The summed E-state index contributed by atoms with van der Waals surface area (Å²) in [6.07, 6.45) is 1.73. The highest BCUT2D eigenvalue weighted by Crippen LogP contribution is 2.77. The van der Waals surface area contributed by atoms with E-state index in [-0.39, 0.29) is 0 Å². The van der Waals surface area contributed by atoms with Gasteiger partial charge in [0.15, 0.2) is 0 Å². The minimum Gasteiger partial charge on any atom is -0.316 e. The Hall–Kier alpha value is -1.10. The van der Waals surface area contributed by atoms with Crippen molar-refractivity contribution in [3.63, 3.8) is 0 Å². The summed E-state index contributed by atoms with van der Waals surface area (Å²) in [7, 11) is 0. The number of nitrogens with one attached hydrogen (secondary N) is 1. The monoisotopic (exact) mass is 282 g/mol. The van der Waals surface area contributed by atoms with E-state index in [0.29, 0.717) is 10.8 Å². The summed E-state index contributed by atoms with van der Waals surface area (Å²) in [4.78, 5) is 3.55. The molecule has 1 saturated heterocycles.